The molecule has 0 radical (unpaired) electrons. The molecule has 0 fully saturated rings. The van der Waals surface area contributed by atoms with E-state index in [9.17, 15) is 13.2 Å². The Kier molecular flexibility index (Phi) is 5.12. The quantitative estimate of drug-likeness (QED) is 0.752. The second-order valence-corrected chi connectivity index (χ2v) is 5.44. The maximum absolute atomic E-state index is 12.2. The van der Waals surface area contributed by atoms with Crippen molar-refractivity contribution < 1.29 is 17.9 Å². The van der Waals surface area contributed by atoms with Gasteiger partial charge in [0.2, 0.25) is 0 Å². The lowest BCUT2D eigenvalue weighted by Crippen LogP contribution is -2.19. The van der Waals surface area contributed by atoms with Crippen molar-refractivity contribution in [2.45, 2.75) is 23.7 Å². The largest absolute Gasteiger partial charge is 0.484 e. The third-order valence-corrected chi connectivity index (χ3v) is 3.79. The van der Waals surface area contributed by atoms with Crippen LogP contribution in [0.25, 0.3) is 0 Å². The normalized spacial score (nSPS) is 11.4. The molecule has 1 aromatic carbocycles. The lowest BCUT2D eigenvalue weighted by molar-refractivity contribution is -0.153. The Bertz CT molecular complexity index is 587. The van der Waals surface area contributed by atoms with Crippen LogP contribution in [0.15, 0.2) is 47.5 Å². The Morgan fingerprint density at radius 2 is 1.86 bits per heavy atom. The summed E-state index contributed by atoms with van der Waals surface area (Å²) in [7, 11) is 0. The van der Waals surface area contributed by atoms with Gasteiger partial charge in [-0.1, -0.05) is 18.2 Å². The first kappa shape index (κ1) is 15.7. The van der Waals surface area contributed by atoms with E-state index in [0.29, 0.717) is 11.3 Å². The second kappa shape index (κ2) is 6.85. The van der Waals surface area contributed by atoms with Crippen molar-refractivity contribution in [1.82, 2.24) is 4.98 Å². The summed E-state index contributed by atoms with van der Waals surface area (Å²) >= 11 is 1.58. The van der Waals surface area contributed by atoms with Crippen molar-refractivity contribution in [3.63, 3.8) is 0 Å². The smallest absolute Gasteiger partial charge is 0.422 e. The molecule has 0 saturated heterocycles. The number of alkyl halides is 3. The highest BCUT2D eigenvalue weighted by atomic mass is 32.2. The molecule has 2 rings (SSSR count). The molecule has 2 nitrogen and oxygen atoms in total. The van der Waals surface area contributed by atoms with Crippen molar-refractivity contribution in [3.8, 4) is 5.75 Å². The maximum Gasteiger partial charge on any atom is 0.422 e. The number of halogens is 3. The number of rotatable bonds is 5. The summed E-state index contributed by atoms with van der Waals surface area (Å²) in [6.45, 7) is 0.433. The van der Waals surface area contributed by atoms with E-state index in [4.69, 9.17) is 4.74 Å². The van der Waals surface area contributed by atoms with Gasteiger partial charge < -0.3 is 4.74 Å². The van der Waals surface area contributed by atoms with Crippen LogP contribution in [0, 0.1) is 6.92 Å². The zero-order valence-corrected chi connectivity index (χ0v) is 12.2. The molecule has 0 atom stereocenters. The van der Waals surface area contributed by atoms with Gasteiger partial charge in [0.25, 0.3) is 0 Å². The third-order valence-electron chi connectivity index (χ3n) is 2.77. The molecule has 0 spiro atoms. The van der Waals surface area contributed by atoms with Crippen LogP contribution in [0.3, 0.4) is 0 Å². The van der Waals surface area contributed by atoms with Gasteiger partial charge in [-0.2, -0.15) is 13.2 Å². The molecule has 1 heterocycles. The van der Waals surface area contributed by atoms with Crippen molar-refractivity contribution in [2.75, 3.05) is 6.61 Å². The van der Waals surface area contributed by atoms with Crippen LogP contribution in [-0.4, -0.2) is 17.8 Å². The fourth-order valence-electron chi connectivity index (χ4n) is 1.69. The molecular weight excluding hydrogens is 299 g/mol. The molecule has 1 aromatic heterocycles. The average molecular weight is 313 g/mol. The topological polar surface area (TPSA) is 22.1 Å². The van der Waals surface area contributed by atoms with Crippen molar-refractivity contribution in [3.05, 3.63) is 53.9 Å². The summed E-state index contributed by atoms with van der Waals surface area (Å²) in [5, 5.41) is 0. The molecule has 0 N–H and O–H groups in total. The Morgan fingerprint density at radius 3 is 2.52 bits per heavy atom. The van der Waals surface area contributed by atoms with Crippen LogP contribution < -0.4 is 4.74 Å². The van der Waals surface area contributed by atoms with Gasteiger partial charge in [0.1, 0.15) is 5.75 Å². The Labute approximate surface area is 125 Å². The first-order valence-electron chi connectivity index (χ1n) is 6.27. The second-order valence-electron chi connectivity index (χ2n) is 4.39. The highest BCUT2D eigenvalue weighted by molar-refractivity contribution is 7.98. The van der Waals surface area contributed by atoms with E-state index in [-0.39, 0.29) is 5.75 Å². The molecule has 6 heteroatoms. The summed E-state index contributed by atoms with van der Waals surface area (Å²) in [6.07, 6.45) is -2.87. The van der Waals surface area contributed by atoms with Crippen molar-refractivity contribution in [1.29, 1.82) is 0 Å². The lowest BCUT2D eigenvalue weighted by atomic mass is 10.2. The van der Waals surface area contributed by atoms with Crippen LogP contribution in [0.5, 0.6) is 5.75 Å². The molecule has 0 unspecified atom stereocenters. The van der Waals surface area contributed by atoms with Crippen LogP contribution in [-0.2, 0) is 5.75 Å². The minimum absolute atomic E-state index is 0.228. The number of aromatic nitrogens is 1. The van der Waals surface area contributed by atoms with E-state index in [1.54, 1.807) is 18.7 Å². The minimum atomic E-state index is -4.34. The van der Waals surface area contributed by atoms with Crippen LogP contribution in [0.1, 0.15) is 11.3 Å². The number of hydrogen-bond donors (Lipinski definition) is 0. The molecule has 0 aliphatic rings. The summed E-state index contributed by atoms with van der Waals surface area (Å²) in [4.78, 5) is 5.30. The van der Waals surface area contributed by atoms with Gasteiger partial charge in [0, 0.05) is 22.4 Å². The SMILES string of the molecule is Cc1c(OCC(F)(F)F)ccnc1CSc1ccccc1. The third kappa shape index (κ3) is 4.97. The van der Waals surface area contributed by atoms with Crippen LogP contribution in [0.2, 0.25) is 0 Å². The van der Waals surface area contributed by atoms with E-state index in [0.717, 1.165) is 10.6 Å². The highest BCUT2D eigenvalue weighted by Crippen LogP contribution is 2.27. The number of ether oxygens (including phenoxy) is 1. The van der Waals surface area contributed by atoms with E-state index in [2.05, 4.69) is 4.98 Å². The monoisotopic (exact) mass is 313 g/mol. The standard InChI is InChI=1S/C15H14F3NOS/c1-11-13(9-21-12-5-3-2-4-6-12)19-8-7-14(11)20-10-15(16,17)18/h2-8H,9-10H2,1H3. The molecule has 0 aliphatic heterocycles. The molecule has 0 saturated carbocycles. The number of hydrogen-bond acceptors (Lipinski definition) is 3. The maximum atomic E-state index is 12.2. The van der Waals surface area contributed by atoms with Crippen molar-refractivity contribution in [2.24, 2.45) is 0 Å². The number of thioether (sulfide) groups is 1. The molecule has 2 aromatic rings. The molecule has 21 heavy (non-hydrogen) atoms. The number of pyridine rings is 1. The molecule has 0 bridgehead atoms. The van der Waals surface area contributed by atoms with E-state index in [1.807, 2.05) is 30.3 Å². The van der Waals surface area contributed by atoms with E-state index < -0.39 is 12.8 Å². The predicted octanol–water partition coefficient (Wildman–Crippen LogP) is 4.62. The predicted molar refractivity (Wildman–Crippen MR) is 76.5 cm³/mol. The van der Waals surface area contributed by atoms with Gasteiger partial charge in [0.15, 0.2) is 6.61 Å². The summed E-state index contributed by atoms with van der Waals surface area (Å²) < 4.78 is 41.4. The van der Waals surface area contributed by atoms with Gasteiger partial charge in [-0.15, -0.1) is 11.8 Å². The van der Waals surface area contributed by atoms with Crippen molar-refractivity contribution >= 4 is 11.8 Å². The van der Waals surface area contributed by atoms with Gasteiger partial charge in [0.05, 0.1) is 5.69 Å². The summed E-state index contributed by atoms with van der Waals surface area (Å²) in [6, 6.07) is 11.2. The van der Waals surface area contributed by atoms with Gasteiger partial charge in [-0.25, -0.2) is 0 Å². The van der Waals surface area contributed by atoms with E-state index >= 15 is 0 Å². The zero-order valence-electron chi connectivity index (χ0n) is 11.4. The molecule has 112 valence electrons. The Morgan fingerprint density at radius 1 is 1.14 bits per heavy atom. The summed E-state index contributed by atoms with van der Waals surface area (Å²) in [5.74, 6) is 0.810. The number of nitrogens with zero attached hydrogens (tertiary/aromatic N) is 1. The minimum Gasteiger partial charge on any atom is -0.484 e. The summed E-state index contributed by atoms with van der Waals surface area (Å²) in [5.41, 5.74) is 1.37. The van der Waals surface area contributed by atoms with E-state index in [1.165, 1.54) is 12.3 Å². The highest BCUT2D eigenvalue weighted by Gasteiger charge is 2.28. The molecule has 0 aliphatic carbocycles. The average Bonchev–Trinajstić information content (AvgIpc) is 2.45. The Balaban J connectivity index is 2.03. The van der Waals surface area contributed by atoms with Gasteiger partial charge in [-0.3, -0.25) is 4.98 Å². The fourth-order valence-corrected chi connectivity index (χ4v) is 2.63. The first-order chi connectivity index (χ1) is 9.96. The fraction of sp³-hybridized carbons (Fsp3) is 0.267. The van der Waals surface area contributed by atoms with Crippen LogP contribution >= 0.6 is 11.8 Å². The van der Waals surface area contributed by atoms with Crippen LogP contribution in [0.4, 0.5) is 13.2 Å². The number of benzene rings is 1. The first-order valence-corrected chi connectivity index (χ1v) is 7.26. The Hall–Kier alpha value is -1.69. The molecule has 0 amide bonds. The zero-order chi connectivity index (χ0) is 15.3. The van der Waals surface area contributed by atoms with Gasteiger partial charge >= 0.3 is 6.18 Å². The molecular formula is C15H14F3NOS. The van der Waals surface area contributed by atoms with Gasteiger partial charge in [-0.05, 0) is 25.1 Å². The lowest BCUT2D eigenvalue weighted by Gasteiger charge is -2.13.